The van der Waals surface area contributed by atoms with Crippen LogP contribution in [0.3, 0.4) is 0 Å². The molecule has 20 heavy (non-hydrogen) atoms. The Labute approximate surface area is 146 Å². The molecule has 1 aliphatic rings. The number of halogens is 2. The van der Waals surface area contributed by atoms with Crippen molar-refractivity contribution in [3.63, 3.8) is 0 Å². The first kappa shape index (κ1) is 17.8. The van der Waals surface area contributed by atoms with Gasteiger partial charge in [-0.3, -0.25) is 9.38 Å². The summed E-state index contributed by atoms with van der Waals surface area (Å²) in [5.41, 5.74) is 1.68. The first-order valence-corrected chi connectivity index (χ1v) is 6.82. The SMILES string of the molecule is CC(F)([C-]=O)/N=C1/CCCCC1c1ccccc1Cl.[Na+]. The zero-order chi connectivity index (χ0) is 13.9. The number of rotatable bonds is 3. The molecule has 0 aliphatic heterocycles. The van der Waals surface area contributed by atoms with E-state index in [1.165, 1.54) is 6.29 Å². The molecule has 2 unspecified atom stereocenters. The molecule has 0 amide bonds. The first-order chi connectivity index (χ1) is 9.03. The molecule has 0 N–H and O–H groups in total. The van der Waals surface area contributed by atoms with Gasteiger partial charge in [-0.1, -0.05) is 36.2 Å². The number of alkyl halides is 1. The second kappa shape index (κ2) is 7.69. The topological polar surface area (TPSA) is 29.4 Å². The third-order valence-electron chi connectivity index (χ3n) is 3.40. The standard InChI is InChI=1S/C15H16ClFNO.Na/c1-15(17,10-19)18-14-9-5-3-7-12(14)11-6-2-4-8-13(11)16;/h2,4,6,8,12H,3,5,7,9H2,1H3;/q-1;+1/b18-14-;. The maximum atomic E-state index is 13.7. The molecule has 1 fully saturated rings. The van der Waals surface area contributed by atoms with Crippen LogP contribution < -0.4 is 29.6 Å². The van der Waals surface area contributed by atoms with Crippen LogP contribution in [0.4, 0.5) is 4.39 Å². The molecule has 102 valence electrons. The normalized spacial score (nSPS) is 23.8. The minimum absolute atomic E-state index is 0. The summed E-state index contributed by atoms with van der Waals surface area (Å²) in [6, 6.07) is 7.54. The van der Waals surface area contributed by atoms with Crippen molar-refractivity contribution >= 4 is 23.6 Å². The Morgan fingerprint density at radius 3 is 2.75 bits per heavy atom. The van der Waals surface area contributed by atoms with E-state index in [1.54, 1.807) is 0 Å². The third-order valence-corrected chi connectivity index (χ3v) is 3.74. The van der Waals surface area contributed by atoms with Gasteiger partial charge in [-0.25, -0.2) is 6.29 Å². The Balaban J connectivity index is 0.00000200. The third kappa shape index (κ3) is 4.39. The fraction of sp³-hybridized carbons (Fsp3) is 0.467. The molecule has 0 spiro atoms. The number of benzene rings is 1. The van der Waals surface area contributed by atoms with Crippen molar-refractivity contribution in [1.82, 2.24) is 0 Å². The van der Waals surface area contributed by atoms with E-state index < -0.39 is 5.79 Å². The molecule has 1 saturated carbocycles. The van der Waals surface area contributed by atoms with Crippen molar-refractivity contribution in [2.75, 3.05) is 0 Å². The summed E-state index contributed by atoms with van der Waals surface area (Å²) in [5, 5.41) is 0.665. The fourth-order valence-corrected chi connectivity index (χ4v) is 2.78. The number of hydrogen-bond donors (Lipinski definition) is 0. The van der Waals surface area contributed by atoms with Crippen molar-refractivity contribution < 1.29 is 38.7 Å². The summed E-state index contributed by atoms with van der Waals surface area (Å²) in [5.74, 6) is -2.25. The van der Waals surface area contributed by atoms with E-state index in [0.29, 0.717) is 17.2 Å². The quantitative estimate of drug-likeness (QED) is 0.469. The van der Waals surface area contributed by atoms with Crippen LogP contribution in [0.5, 0.6) is 0 Å². The summed E-state index contributed by atoms with van der Waals surface area (Å²) in [6.45, 7) is 1.13. The monoisotopic (exact) mass is 303 g/mol. The largest absolute Gasteiger partial charge is 1.00 e. The molecule has 2 atom stereocenters. The van der Waals surface area contributed by atoms with Gasteiger partial charge in [-0.05, 0) is 37.8 Å². The van der Waals surface area contributed by atoms with E-state index >= 15 is 0 Å². The number of hydrogen-bond acceptors (Lipinski definition) is 2. The summed E-state index contributed by atoms with van der Waals surface area (Å²) in [6.07, 6.45) is 4.96. The van der Waals surface area contributed by atoms with Crippen LogP contribution >= 0.6 is 11.6 Å². The molecule has 0 bridgehead atoms. The zero-order valence-electron chi connectivity index (χ0n) is 11.8. The summed E-state index contributed by atoms with van der Waals surface area (Å²) < 4.78 is 13.7. The van der Waals surface area contributed by atoms with E-state index in [1.807, 2.05) is 24.3 Å². The van der Waals surface area contributed by atoms with Gasteiger partial charge in [0.1, 0.15) is 5.79 Å². The smallest absolute Gasteiger partial charge is 0.537 e. The summed E-state index contributed by atoms with van der Waals surface area (Å²) in [7, 11) is 0. The Kier molecular flexibility index (Phi) is 6.86. The number of aliphatic imine (C=N–C) groups is 1. The maximum Gasteiger partial charge on any atom is 1.00 e. The molecular formula is C15H16ClFNNaO. The molecule has 0 heterocycles. The maximum absolute atomic E-state index is 13.7. The number of carbonyl (C=O) groups excluding carboxylic acids is 1. The van der Waals surface area contributed by atoms with Crippen LogP contribution in [-0.4, -0.2) is 17.8 Å². The van der Waals surface area contributed by atoms with Crippen LogP contribution in [0.15, 0.2) is 29.3 Å². The molecular weight excluding hydrogens is 288 g/mol. The zero-order valence-corrected chi connectivity index (χ0v) is 14.6. The van der Waals surface area contributed by atoms with Crippen molar-refractivity contribution in [3.8, 4) is 0 Å². The Hall–Kier alpha value is -0.220. The van der Waals surface area contributed by atoms with Crippen LogP contribution in [-0.2, 0) is 4.79 Å². The second-order valence-corrected chi connectivity index (χ2v) is 5.39. The van der Waals surface area contributed by atoms with Gasteiger partial charge in [-0.2, -0.15) is 0 Å². The van der Waals surface area contributed by atoms with E-state index in [-0.39, 0.29) is 35.5 Å². The van der Waals surface area contributed by atoms with Crippen LogP contribution in [0.2, 0.25) is 5.02 Å². The van der Waals surface area contributed by atoms with Crippen molar-refractivity contribution in [1.29, 1.82) is 0 Å². The molecule has 0 radical (unpaired) electrons. The molecule has 2 rings (SSSR count). The molecule has 0 saturated heterocycles. The molecule has 1 aromatic carbocycles. The van der Waals surface area contributed by atoms with Gasteiger partial charge in [0.05, 0.1) is 0 Å². The van der Waals surface area contributed by atoms with Gasteiger partial charge in [0.2, 0.25) is 0 Å². The molecule has 2 nitrogen and oxygen atoms in total. The minimum atomic E-state index is -2.26. The average molecular weight is 304 g/mol. The van der Waals surface area contributed by atoms with E-state index in [2.05, 4.69) is 4.99 Å². The molecule has 1 aromatic rings. The van der Waals surface area contributed by atoms with Gasteiger partial charge in [0.25, 0.3) is 0 Å². The van der Waals surface area contributed by atoms with Gasteiger partial charge >= 0.3 is 29.6 Å². The predicted octanol–water partition coefficient (Wildman–Crippen LogP) is 1.24. The predicted molar refractivity (Wildman–Crippen MR) is 75.3 cm³/mol. The average Bonchev–Trinajstić information content (AvgIpc) is 2.40. The van der Waals surface area contributed by atoms with Gasteiger partial charge in [-0.15, -0.1) is 0 Å². The van der Waals surface area contributed by atoms with E-state index in [9.17, 15) is 9.18 Å². The van der Waals surface area contributed by atoms with Gasteiger partial charge < -0.3 is 4.79 Å². The first-order valence-electron chi connectivity index (χ1n) is 6.45. The van der Waals surface area contributed by atoms with Crippen LogP contribution in [0, 0.1) is 0 Å². The van der Waals surface area contributed by atoms with Crippen LogP contribution in [0.1, 0.15) is 44.1 Å². The van der Waals surface area contributed by atoms with Crippen LogP contribution in [0.25, 0.3) is 0 Å². The van der Waals surface area contributed by atoms with Gasteiger partial charge in [0.15, 0.2) is 0 Å². The van der Waals surface area contributed by atoms with E-state index in [0.717, 1.165) is 31.7 Å². The Bertz CT molecular complexity index is 504. The Morgan fingerprint density at radius 2 is 2.10 bits per heavy atom. The number of nitrogens with zero attached hydrogens (tertiary/aromatic N) is 1. The molecule has 0 aromatic heterocycles. The second-order valence-electron chi connectivity index (χ2n) is 4.98. The summed E-state index contributed by atoms with van der Waals surface area (Å²) >= 11 is 6.20. The van der Waals surface area contributed by atoms with Gasteiger partial charge in [0, 0.05) is 16.7 Å². The molecule has 5 heteroatoms. The van der Waals surface area contributed by atoms with Crippen molar-refractivity contribution in [3.05, 3.63) is 34.9 Å². The minimum Gasteiger partial charge on any atom is -0.537 e. The summed E-state index contributed by atoms with van der Waals surface area (Å²) in [4.78, 5) is 14.5. The fourth-order valence-electron chi connectivity index (χ4n) is 2.51. The van der Waals surface area contributed by atoms with Crippen molar-refractivity contribution in [2.45, 2.75) is 44.3 Å². The van der Waals surface area contributed by atoms with Crippen molar-refractivity contribution in [2.24, 2.45) is 4.99 Å². The van der Waals surface area contributed by atoms with E-state index in [4.69, 9.17) is 11.6 Å². The molecule has 1 aliphatic carbocycles. The Morgan fingerprint density at radius 1 is 1.40 bits per heavy atom.